The lowest BCUT2D eigenvalue weighted by Gasteiger charge is -2.12. The second kappa shape index (κ2) is 14.7. The standard InChI is InChI=1S/C32H38F2N6O3/c1-20(2)40-21(3)37-31-25(33)17-23(18-27(31)40)30-26(34)19-36-32(39-30)38-24-13-11-22(12-14-24)16-28(41)35-15-9-7-5-6-8-10-29(42)43-4/h11-14,17-20H,5-10,15-16H2,1-4H3,(H,35,41)(H,36,38,39). The van der Waals surface area contributed by atoms with Gasteiger partial charge in [-0.1, -0.05) is 31.4 Å². The largest absolute Gasteiger partial charge is 0.469 e. The molecule has 2 aromatic carbocycles. The summed E-state index contributed by atoms with van der Waals surface area (Å²) in [5, 5.41) is 5.99. The van der Waals surface area contributed by atoms with Crippen molar-refractivity contribution in [2.75, 3.05) is 19.0 Å². The van der Waals surface area contributed by atoms with E-state index in [1.165, 1.54) is 13.2 Å². The fourth-order valence-electron chi connectivity index (χ4n) is 5.02. The summed E-state index contributed by atoms with van der Waals surface area (Å²) < 4.78 is 36.3. The van der Waals surface area contributed by atoms with Crippen molar-refractivity contribution in [2.45, 2.75) is 71.8 Å². The number of ether oxygens (including phenoxy) is 1. The first-order chi connectivity index (χ1) is 20.7. The Bertz CT molecular complexity index is 1570. The number of aryl methyl sites for hydroxylation is 1. The van der Waals surface area contributed by atoms with Crippen LogP contribution in [0.25, 0.3) is 22.3 Å². The molecule has 0 atom stereocenters. The van der Waals surface area contributed by atoms with E-state index in [9.17, 15) is 18.4 Å². The summed E-state index contributed by atoms with van der Waals surface area (Å²) in [6, 6.07) is 10.2. The summed E-state index contributed by atoms with van der Waals surface area (Å²) in [6.45, 7) is 6.37. The minimum atomic E-state index is -0.670. The van der Waals surface area contributed by atoms with Gasteiger partial charge in [-0.3, -0.25) is 9.59 Å². The van der Waals surface area contributed by atoms with Gasteiger partial charge >= 0.3 is 5.97 Å². The predicted octanol–water partition coefficient (Wildman–Crippen LogP) is 6.58. The Morgan fingerprint density at radius 1 is 0.977 bits per heavy atom. The van der Waals surface area contributed by atoms with E-state index in [4.69, 9.17) is 0 Å². The fourth-order valence-corrected chi connectivity index (χ4v) is 5.02. The summed E-state index contributed by atoms with van der Waals surface area (Å²) in [5.41, 5.74) is 2.57. The van der Waals surface area contributed by atoms with E-state index in [1.54, 1.807) is 18.2 Å². The van der Waals surface area contributed by atoms with Crippen LogP contribution in [0.2, 0.25) is 0 Å². The Labute approximate surface area is 250 Å². The van der Waals surface area contributed by atoms with Crippen molar-refractivity contribution >= 4 is 34.5 Å². The second-order valence-electron chi connectivity index (χ2n) is 10.8. The molecule has 0 radical (unpaired) electrons. The average Bonchev–Trinajstić information content (AvgIpc) is 3.32. The molecule has 2 N–H and O–H groups in total. The van der Waals surface area contributed by atoms with Gasteiger partial charge in [0.15, 0.2) is 11.6 Å². The summed E-state index contributed by atoms with van der Waals surface area (Å²) in [4.78, 5) is 36.2. The molecule has 0 saturated heterocycles. The molecule has 0 fully saturated rings. The molecule has 0 unspecified atom stereocenters. The topological polar surface area (TPSA) is 111 Å². The number of nitrogens with one attached hydrogen (secondary N) is 2. The van der Waals surface area contributed by atoms with Crippen molar-refractivity contribution < 1.29 is 23.1 Å². The number of esters is 1. The summed E-state index contributed by atoms with van der Waals surface area (Å²) >= 11 is 0. The van der Waals surface area contributed by atoms with Crippen LogP contribution in [0.15, 0.2) is 42.6 Å². The van der Waals surface area contributed by atoms with Gasteiger partial charge in [0, 0.05) is 30.3 Å². The summed E-state index contributed by atoms with van der Waals surface area (Å²) in [6.07, 6.45) is 6.41. The quantitative estimate of drug-likeness (QED) is 0.126. The third kappa shape index (κ3) is 8.33. The molecule has 0 bridgehead atoms. The number of methoxy groups -OCH3 is 1. The Balaban J connectivity index is 1.32. The Morgan fingerprint density at radius 2 is 1.70 bits per heavy atom. The number of hydrogen-bond acceptors (Lipinski definition) is 7. The van der Waals surface area contributed by atoms with Crippen LogP contribution in [0.4, 0.5) is 20.4 Å². The number of halogens is 2. The Morgan fingerprint density at radius 3 is 2.42 bits per heavy atom. The number of nitrogens with zero attached hydrogens (tertiary/aromatic N) is 4. The number of rotatable bonds is 14. The highest BCUT2D eigenvalue weighted by Gasteiger charge is 2.18. The number of fused-ring (bicyclic) bond motifs is 1. The SMILES string of the molecule is COC(=O)CCCCCCCNC(=O)Cc1ccc(Nc2ncc(F)c(-c3cc(F)c4nc(C)n(C(C)C)c4c3)n2)cc1. The molecule has 1 amide bonds. The van der Waals surface area contributed by atoms with Crippen LogP contribution in [-0.4, -0.2) is 45.1 Å². The van der Waals surface area contributed by atoms with Gasteiger partial charge < -0.3 is 19.9 Å². The van der Waals surface area contributed by atoms with Crippen molar-refractivity contribution in [1.29, 1.82) is 0 Å². The van der Waals surface area contributed by atoms with Gasteiger partial charge in [-0.25, -0.2) is 23.7 Å². The first-order valence-corrected chi connectivity index (χ1v) is 14.6. The minimum absolute atomic E-state index is 0.0260. The normalized spacial score (nSPS) is 11.2. The molecule has 228 valence electrons. The van der Waals surface area contributed by atoms with E-state index in [0.29, 0.717) is 30.0 Å². The van der Waals surface area contributed by atoms with Crippen LogP contribution in [0, 0.1) is 18.6 Å². The third-order valence-electron chi connectivity index (χ3n) is 7.14. The lowest BCUT2D eigenvalue weighted by Crippen LogP contribution is -2.26. The molecule has 0 aliphatic carbocycles. The van der Waals surface area contributed by atoms with Gasteiger partial charge in [0.25, 0.3) is 0 Å². The molecule has 43 heavy (non-hydrogen) atoms. The number of anilines is 2. The smallest absolute Gasteiger partial charge is 0.305 e. The van der Waals surface area contributed by atoms with Gasteiger partial charge in [-0.15, -0.1) is 0 Å². The number of carbonyl (C=O) groups excluding carboxylic acids is 2. The monoisotopic (exact) mass is 592 g/mol. The zero-order valence-electron chi connectivity index (χ0n) is 25.0. The molecule has 9 nitrogen and oxygen atoms in total. The number of benzene rings is 2. The van der Waals surface area contributed by atoms with Crippen molar-refractivity contribution in [1.82, 2.24) is 24.8 Å². The van der Waals surface area contributed by atoms with E-state index < -0.39 is 11.6 Å². The molecule has 4 aromatic rings. The Hall–Kier alpha value is -4.41. The number of amides is 1. The van der Waals surface area contributed by atoms with E-state index in [1.807, 2.05) is 37.5 Å². The highest BCUT2D eigenvalue weighted by molar-refractivity contribution is 5.83. The third-order valence-corrected chi connectivity index (χ3v) is 7.14. The van der Waals surface area contributed by atoms with E-state index in [0.717, 1.165) is 43.9 Å². The maximum absolute atomic E-state index is 15.0. The highest BCUT2D eigenvalue weighted by atomic mass is 19.1. The van der Waals surface area contributed by atoms with Crippen LogP contribution in [-0.2, 0) is 20.7 Å². The summed E-state index contributed by atoms with van der Waals surface area (Å²) in [5.74, 6) is -0.626. The average molecular weight is 593 g/mol. The van der Waals surface area contributed by atoms with Gasteiger partial charge in [0.1, 0.15) is 17.0 Å². The fraction of sp³-hybridized carbons (Fsp3) is 0.406. The van der Waals surface area contributed by atoms with Crippen LogP contribution in [0.3, 0.4) is 0 Å². The van der Waals surface area contributed by atoms with Gasteiger partial charge in [-0.05, 0) is 63.4 Å². The summed E-state index contributed by atoms with van der Waals surface area (Å²) in [7, 11) is 1.40. The van der Waals surface area contributed by atoms with Crippen molar-refractivity contribution in [2.24, 2.45) is 0 Å². The predicted molar refractivity (Wildman–Crippen MR) is 162 cm³/mol. The van der Waals surface area contributed by atoms with Crippen molar-refractivity contribution in [3.8, 4) is 11.3 Å². The van der Waals surface area contributed by atoms with Crippen LogP contribution in [0.5, 0.6) is 0 Å². The van der Waals surface area contributed by atoms with E-state index in [2.05, 4.69) is 30.3 Å². The molecule has 0 spiro atoms. The lowest BCUT2D eigenvalue weighted by molar-refractivity contribution is -0.140. The van der Waals surface area contributed by atoms with Crippen molar-refractivity contribution in [3.63, 3.8) is 0 Å². The molecule has 0 saturated carbocycles. The molecule has 0 aliphatic rings. The number of carbonyl (C=O) groups is 2. The molecule has 0 aliphatic heterocycles. The highest BCUT2D eigenvalue weighted by Crippen LogP contribution is 2.30. The second-order valence-corrected chi connectivity index (χ2v) is 10.8. The molecular weight excluding hydrogens is 554 g/mol. The number of imidazole rings is 1. The molecule has 11 heteroatoms. The minimum Gasteiger partial charge on any atom is -0.469 e. The maximum atomic E-state index is 15.0. The van der Waals surface area contributed by atoms with Crippen LogP contribution >= 0.6 is 0 Å². The zero-order valence-corrected chi connectivity index (χ0v) is 25.0. The van der Waals surface area contributed by atoms with E-state index >= 15 is 0 Å². The van der Waals surface area contributed by atoms with E-state index in [-0.39, 0.29) is 47.1 Å². The van der Waals surface area contributed by atoms with Gasteiger partial charge in [-0.2, -0.15) is 0 Å². The first kappa shape index (κ1) is 31.5. The van der Waals surface area contributed by atoms with Gasteiger partial charge in [0.05, 0.1) is 25.2 Å². The van der Waals surface area contributed by atoms with Crippen LogP contribution < -0.4 is 10.6 Å². The molecule has 2 aromatic heterocycles. The number of hydrogen-bond donors (Lipinski definition) is 2. The first-order valence-electron chi connectivity index (χ1n) is 14.6. The number of unbranched alkanes of at least 4 members (excludes halogenated alkanes) is 4. The Kier molecular flexibility index (Phi) is 10.7. The maximum Gasteiger partial charge on any atom is 0.305 e. The molecule has 2 heterocycles. The van der Waals surface area contributed by atoms with Crippen molar-refractivity contribution in [3.05, 3.63) is 65.6 Å². The number of aromatic nitrogens is 4. The van der Waals surface area contributed by atoms with Crippen LogP contribution in [0.1, 0.15) is 69.8 Å². The lowest BCUT2D eigenvalue weighted by atomic mass is 10.1. The molecular formula is C32H38F2N6O3. The zero-order chi connectivity index (χ0) is 30.9. The molecule has 4 rings (SSSR count). The van der Waals surface area contributed by atoms with Gasteiger partial charge in [0.2, 0.25) is 11.9 Å².